The molecule has 0 spiro atoms. The molecule has 4 aliphatic heterocycles. The Morgan fingerprint density at radius 2 is 1.65 bits per heavy atom. The van der Waals surface area contributed by atoms with E-state index >= 15 is 0 Å². The number of ether oxygens (including phenoxy) is 7. The molecule has 21 nitrogen and oxygen atoms in total. The molecule has 3 fully saturated rings. The van der Waals surface area contributed by atoms with Crippen LogP contribution in [0.2, 0.25) is 0 Å². The van der Waals surface area contributed by atoms with Crippen LogP contribution in [0.4, 0.5) is 0 Å². The number of aryl methyl sites for hydroxylation is 1. The predicted octanol–water partition coefficient (Wildman–Crippen LogP) is 4.89. The Morgan fingerprint density at radius 1 is 0.962 bits per heavy atom. The van der Waals surface area contributed by atoms with E-state index in [9.17, 15) is 49.9 Å². The highest BCUT2D eigenvalue weighted by molar-refractivity contribution is 7.99. The molecule has 1 aromatic carbocycles. The van der Waals surface area contributed by atoms with Crippen molar-refractivity contribution in [2.24, 2.45) is 28.8 Å². The molecule has 0 bridgehead atoms. The van der Waals surface area contributed by atoms with E-state index in [1.54, 1.807) is 54.5 Å². The van der Waals surface area contributed by atoms with E-state index in [1.807, 2.05) is 37.4 Å². The summed E-state index contributed by atoms with van der Waals surface area (Å²) in [7, 11) is 5.17. The van der Waals surface area contributed by atoms with Crippen molar-refractivity contribution in [2.45, 2.75) is 216 Å². The summed E-state index contributed by atoms with van der Waals surface area (Å²) in [6, 6.07) is 3.51. The van der Waals surface area contributed by atoms with Crippen molar-refractivity contribution in [3.63, 3.8) is 0 Å². The standard InChI is InChI=1S/C56H88N4O17S/c1-15-40-56(11,69)48(64)31(5)43(58-70)28(2)25-54(9,68)49(77-53-46(63)39(59(12)13)22-30(4)72-53)32(6)47(33(7)52(67)74-40)76-42-26-55(10,71-14)50(34(8)73-42)75-41(61)18-19-57-20-21-78-36-23-35-17-16-29(3)60-27-38(51(65)66)45(62)37(24-36)44(35)60/h23-24,27-34,39-40,42,46-50,53,57,63-64,68-70H,15-22,25-26H2,1-14H3,(H,65,66)/b58-43+/t28-,29?,30-,31+,32+,33-,34+,39+,40?,42?,46?,47+,48-,49-,50?,53+,54-,55?,56?/m1/s1. The summed E-state index contributed by atoms with van der Waals surface area (Å²) in [5.41, 5.74) is -3.95. The minimum atomic E-state index is -2.03. The third kappa shape index (κ3) is 13.8. The fourth-order valence-electron chi connectivity index (χ4n) is 12.4. The fourth-order valence-corrected chi connectivity index (χ4v) is 13.3. The van der Waals surface area contributed by atoms with Crippen LogP contribution in [0, 0.1) is 23.7 Å². The second kappa shape index (κ2) is 26.0. The lowest BCUT2D eigenvalue weighted by Crippen LogP contribution is -2.61. The molecular weight excluding hydrogens is 1030 g/mol. The number of nitrogens with zero attached hydrogens (tertiary/aromatic N) is 3. The SMILES string of the molecule is CCC1OC(=O)[C@H](C)[C@@H](OC2CC(C)(OC)C(OC(=O)CCNCCSc3cc4c5c(c3)c(=O)c(C(=O)O)cn5C(C)CC4)[C@H](C)O2)[C@H](C)[C@@H](O[C@@H]2O[C@H](C)C[C@H](N(C)C)C2O)[C@](C)(O)C[C@@H](C)/C(=N\O)[C@H](C)[C@@H](O)C1(C)O. The largest absolute Gasteiger partial charge is 0.477 e. The number of aliphatic hydroxyl groups is 4. The average Bonchev–Trinajstić information content (AvgIpc) is 3.44. The fraction of sp³-hybridized carbons (Fsp3) is 0.768. The number of carbonyl (C=O) groups is 3. The van der Waals surface area contributed by atoms with Crippen LogP contribution >= 0.6 is 11.8 Å². The van der Waals surface area contributed by atoms with Gasteiger partial charge in [0.2, 0.25) is 5.43 Å². The number of rotatable bonds is 16. The predicted molar refractivity (Wildman–Crippen MR) is 291 cm³/mol. The van der Waals surface area contributed by atoms with Gasteiger partial charge in [-0.25, -0.2) is 4.79 Å². The number of benzene rings is 1. The first-order valence-corrected chi connectivity index (χ1v) is 28.5. The van der Waals surface area contributed by atoms with Gasteiger partial charge >= 0.3 is 17.9 Å². The third-order valence-corrected chi connectivity index (χ3v) is 17.9. The van der Waals surface area contributed by atoms with Crippen LogP contribution in [0.1, 0.15) is 137 Å². The van der Waals surface area contributed by atoms with E-state index in [4.69, 9.17) is 33.2 Å². The zero-order valence-electron chi connectivity index (χ0n) is 48.0. The molecule has 3 saturated heterocycles. The topological polar surface area (TPSA) is 287 Å². The van der Waals surface area contributed by atoms with E-state index in [0.29, 0.717) is 30.6 Å². The molecule has 22 heteroatoms. The van der Waals surface area contributed by atoms with E-state index in [2.05, 4.69) is 16.5 Å². The quantitative estimate of drug-likeness (QED) is 0.0387. The van der Waals surface area contributed by atoms with Crippen LogP contribution in [0.5, 0.6) is 0 Å². The number of methoxy groups -OCH3 is 1. The number of oxime groups is 1. The zero-order valence-corrected chi connectivity index (χ0v) is 48.8. The van der Waals surface area contributed by atoms with Crippen LogP contribution in [0.3, 0.4) is 0 Å². The summed E-state index contributed by atoms with van der Waals surface area (Å²) in [6.07, 6.45) is -7.31. The molecule has 4 aliphatic rings. The van der Waals surface area contributed by atoms with E-state index in [-0.39, 0.29) is 55.1 Å². The Morgan fingerprint density at radius 3 is 2.28 bits per heavy atom. The maximum absolute atomic E-state index is 14.5. The van der Waals surface area contributed by atoms with Crippen LogP contribution in [-0.2, 0) is 49.2 Å². The molecule has 440 valence electrons. The van der Waals surface area contributed by atoms with Gasteiger partial charge in [-0.3, -0.25) is 14.4 Å². The van der Waals surface area contributed by atoms with Gasteiger partial charge < -0.3 is 78.7 Å². The number of esters is 2. The number of hydrogen-bond donors (Lipinski definition) is 7. The zero-order chi connectivity index (χ0) is 57.9. The number of carboxylic acids is 1. The van der Waals surface area contributed by atoms with E-state index < -0.39 is 119 Å². The first kappa shape index (κ1) is 63.4. The maximum Gasteiger partial charge on any atom is 0.341 e. The molecule has 1 aromatic heterocycles. The van der Waals surface area contributed by atoms with Gasteiger partial charge in [-0.05, 0) is 112 Å². The molecule has 19 atom stereocenters. The van der Waals surface area contributed by atoms with Crippen molar-refractivity contribution in [1.82, 2.24) is 14.8 Å². The summed E-state index contributed by atoms with van der Waals surface area (Å²) in [4.78, 5) is 56.0. The minimum absolute atomic E-state index is 0.00531. The van der Waals surface area contributed by atoms with Gasteiger partial charge in [0.15, 0.2) is 18.7 Å². The summed E-state index contributed by atoms with van der Waals surface area (Å²) in [5.74, 6) is -5.73. The van der Waals surface area contributed by atoms with Crippen molar-refractivity contribution in [1.29, 1.82) is 0 Å². The molecule has 7 N–H and O–H groups in total. The van der Waals surface area contributed by atoms with Crippen LogP contribution < -0.4 is 10.7 Å². The van der Waals surface area contributed by atoms with Gasteiger partial charge in [-0.2, -0.15) is 0 Å². The second-order valence-corrected chi connectivity index (χ2v) is 24.5. The van der Waals surface area contributed by atoms with Gasteiger partial charge in [0, 0.05) is 78.7 Å². The van der Waals surface area contributed by atoms with Gasteiger partial charge in [0.25, 0.3) is 0 Å². The van der Waals surface area contributed by atoms with Crippen LogP contribution in [0.25, 0.3) is 10.9 Å². The van der Waals surface area contributed by atoms with Gasteiger partial charge in [0.1, 0.15) is 29.0 Å². The van der Waals surface area contributed by atoms with E-state index in [0.717, 1.165) is 28.8 Å². The second-order valence-electron chi connectivity index (χ2n) is 23.4. The monoisotopic (exact) mass is 1120 g/mol. The first-order chi connectivity index (χ1) is 36.5. The number of carboxylic acid groups (broad SMARTS) is 1. The van der Waals surface area contributed by atoms with Crippen molar-refractivity contribution < 1.29 is 78.3 Å². The molecule has 0 aliphatic carbocycles. The molecule has 6 rings (SSSR count). The van der Waals surface area contributed by atoms with Crippen molar-refractivity contribution >= 4 is 46.3 Å². The molecule has 7 unspecified atom stereocenters. The normalized spacial score (nSPS) is 38.7. The first-order valence-electron chi connectivity index (χ1n) is 27.6. The summed E-state index contributed by atoms with van der Waals surface area (Å²) < 4.78 is 46.5. The lowest BCUT2D eigenvalue weighted by atomic mass is 9.73. The molecule has 0 amide bonds. The summed E-state index contributed by atoms with van der Waals surface area (Å²) in [5, 5.41) is 75.5. The van der Waals surface area contributed by atoms with Gasteiger partial charge in [-0.15, -0.1) is 11.8 Å². The van der Waals surface area contributed by atoms with Crippen molar-refractivity contribution in [3.8, 4) is 0 Å². The summed E-state index contributed by atoms with van der Waals surface area (Å²) in [6.45, 7) is 19.4. The number of carbonyl (C=O) groups excluding carboxylic acids is 2. The number of pyridine rings is 1. The number of aromatic nitrogens is 1. The molecular formula is C56H88N4O17S. The Labute approximate surface area is 462 Å². The van der Waals surface area contributed by atoms with Gasteiger partial charge in [0.05, 0.1) is 59.7 Å². The summed E-state index contributed by atoms with van der Waals surface area (Å²) >= 11 is 1.53. The highest BCUT2D eigenvalue weighted by Gasteiger charge is 2.54. The van der Waals surface area contributed by atoms with Crippen LogP contribution in [-0.4, -0.2) is 188 Å². The smallest absolute Gasteiger partial charge is 0.341 e. The van der Waals surface area contributed by atoms with Gasteiger partial charge in [-0.1, -0.05) is 32.9 Å². The maximum atomic E-state index is 14.5. The Bertz CT molecular complexity index is 2510. The van der Waals surface area contributed by atoms with Crippen molar-refractivity contribution in [2.75, 3.05) is 40.0 Å². The molecule has 0 saturated carbocycles. The van der Waals surface area contributed by atoms with E-state index in [1.165, 1.54) is 38.9 Å². The molecule has 2 aromatic rings. The Kier molecular flexibility index (Phi) is 21.1. The highest BCUT2D eigenvalue weighted by Crippen LogP contribution is 2.42. The number of thioether (sulfide) groups is 1. The van der Waals surface area contributed by atoms with Crippen LogP contribution in [0.15, 0.2) is 33.2 Å². The lowest BCUT2D eigenvalue weighted by molar-refractivity contribution is -0.318. The number of cyclic esters (lactones) is 1. The highest BCUT2D eigenvalue weighted by atomic mass is 32.2. The Hall–Kier alpha value is -3.78. The molecule has 0 radical (unpaired) electrons. The average molecular weight is 1120 g/mol. The van der Waals surface area contributed by atoms with Crippen molar-refractivity contribution in [3.05, 3.63) is 39.7 Å². The Balaban J connectivity index is 1.18. The minimum Gasteiger partial charge on any atom is -0.477 e. The number of likely N-dealkylation sites (N-methyl/N-ethyl adjacent to an activating group) is 1. The molecule has 5 heterocycles. The number of aliphatic hydroxyl groups excluding tert-OH is 2. The number of aromatic carboxylic acids is 1. The lowest BCUT2D eigenvalue weighted by Gasteiger charge is -2.49. The molecule has 78 heavy (non-hydrogen) atoms. The third-order valence-electron chi connectivity index (χ3n) is 17.0. The number of nitrogens with one attached hydrogen (secondary N) is 1. The number of hydrogen-bond acceptors (Lipinski definition) is 20.